The number of carbonyl (C=O) groups is 2. The maximum absolute atomic E-state index is 12.8. The Morgan fingerprint density at radius 2 is 1.91 bits per heavy atom. The first-order valence-corrected chi connectivity index (χ1v) is 8.43. The number of nitrogens with one attached hydrogen (secondary N) is 1. The smallest absolute Gasteiger partial charge is 0.244 e. The maximum Gasteiger partial charge on any atom is 0.244 e. The van der Waals surface area contributed by atoms with Crippen LogP contribution in [0.25, 0.3) is 0 Å². The van der Waals surface area contributed by atoms with E-state index in [9.17, 15) is 9.59 Å². The van der Waals surface area contributed by atoms with Crippen LogP contribution in [0.15, 0.2) is 53.4 Å². The molecule has 0 aliphatic carbocycles. The molecule has 0 spiro atoms. The molecule has 1 N–H and O–H groups in total. The second-order valence-electron chi connectivity index (χ2n) is 5.18. The van der Waals surface area contributed by atoms with E-state index >= 15 is 0 Å². The molecule has 0 saturated heterocycles. The van der Waals surface area contributed by atoms with Crippen molar-refractivity contribution in [2.24, 2.45) is 0 Å². The first kappa shape index (κ1) is 15.9. The van der Waals surface area contributed by atoms with Crippen molar-refractivity contribution in [3.05, 3.63) is 53.6 Å². The summed E-state index contributed by atoms with van der Waals surface area (Å²) in [5, 5.41) is 3.05. The van der Waals surface area contributed by atoms with Gasteiger partial charge in [0.1, 0.15) is 6.54 Å². The monoisotopic (exact) mass is 346 g/mol. The number of anilines is 2. The number of halogens is 1. The van der Waals surface area contributed by atoms with Crippen molar-refractivity contribution in [1.82, 2.24) is 0 Å². The number of hydrogen-bond donors (Lipinski definition) is 1. The molecule has 0 radical (unpaired) electrons. The molecular weight excluding hydrogens is 332 g/mol. The molecule has 1 heterocycles. The van der Waals surface area contributed by atoms with E-state index in [-0.39, 0.29) is 23.6 Å². The SMILES string of the molecule is C[C@@H](Sc1ccccc1Cl)C(=O)N1CC(=O)Nc2ccccc21. The number of fused-ring (bicyclic) bond motifs is 1. The van der Waals surface area contributed by atoms with Gasteiger partial charge in [0.05, 0.1) is 21.6 Å². The van der Waals surface area contributed by atoms with Crippen LogP contribution in [0, 0.1) is 0 Å². The minimum absolute atomic E-state index is 0.0310. The lowest BCUT2D eigenvalue weighted by molar-refractivity contribution is -0.121. The summed E-state index contributed by atoms with van der Waals surface area (Å²) in [6.45, 7) is 1.86. The molecule has 4 nitrogen and oxygen atoms in total. The van der Waals surface area contributed by atoms with Crippen LogP contribution in [0.5, 0.6) is 0 Å². The summed E-state index contributed by atoms with van der Waals surface area (Å²) in [4.78, 5) is 27.0. The van der Waals surface area contributed by atoms with Gasteiger partial charge >= 0.3 is 0 Å². The number of rotatable bonds is 3. The van der Waals surface area contributed by atoms with E-state index < -0.39 is 0 Å². The number of para-hydroxylation sites is 2. The number of hydrogen-bond acceptors (Lipinski definition) is 3. The van der Waals surface area contributed by atoms with Gasteiger partial charge in [0.2, 0.25) is 11.8 Å². The van der Waals surface area contributed by atoms with Crippen molar-refractivity contribution in [2.75, 3.05) is 16.8 Å². The molecule has 6 heteroatoms. The van der Waals surface area contributed by atoms with Crippen LogP contribution >= 0.6 is 23.4 Å². The molecule has 1 aliphatic heterocycles. The summed E-state index contributed by atoms with van der Waals surface area (Å²) in [5.41, 5.74) is 1.38. The number of nitrogens with zero attached hydrogens (tertiary/aromatic N) is 1. The predicted octanol–water partition coefficient (Wildman–Crippen LogP) is 3.81. The summed E-state index contributed by atoms with van der Waals surface area (Å²) in [6.07, 6.45) is 0. The summed E-state index contributed by atoms with van der Waals surface area (Å²) in [7, 11) is 0. The van der Waals surface area contributed by atoms with Gasteiger partial charge in [0, 0.05) is 4.90 Å². The van der Waals surface area contributed by atoms with Crippen molar-refractivity contribution < 1.29 is 9.59 Å². The maximum atomic E-state index is 12.8. The zero-order valence-electron chi connectivity index (χ0n) is 12.5. The molecule has 23 heavy (non-hydrogen) atoms. The zero-order chi connectivity index (χ0) is 16.4. The van der Waals surface area contributed by atoms with Crippen LogP contribution in [0.4, 0.5) is 11.4 Å². The Hall–Kier alpha value is -1.98. The summed E-state index contributed by atoms with van der Waals surface area (Å²) < 4.78 is 0. The zero-order valence-corrected chi connectivity index (χ0v) is 14.0. The third-order valence-corrected chi connectivity index (χ3v) is 5.13. The van der Waals surface area contributed by atoms with E-state index in [4.69, 9.17) is 11.6 Å². The average Bonchev–Trinajstić information content (AvgIpc) is 2.55. The molecule has 2 aromatic carbocycles. The van der Waals surface area contributed by atoms with Crippen LogP contribution in [-0.2, 0) is 9.59 Å². The lowest BCUT2D eigenvalue weighted by atomic mass is 10.2. The standard InChI is InChI=1S/C17H15ClN2O2S/c1-11(23-15-9-5-2-6-12(15)18)17(22)20-10-16(21)19-13-7-3-4-8-14(13)20/h2-9,11H,10H2,1H3,(H,19,21)/t11-/m1/s1. The van der Waals surface area contributed by atoms with E-state index in [0.29, 0.717) is 10.7 Å². The third kappa shape index (κ3) is 3.35. The van der Waals surface area contributed by atoms with Gasteiger partial charge < -0.3 is 5.32 Å². The van der Waals surface area contributed by atoms with Crippen molar-refractivity contribution >= 4 is 46.6 Å². The van der Waals surface area contributed by atoms with Crippen LogP contribution < -0.4 is 10.2 Å². The number of thioether (sulfide) groups is 1. The molecule has 0 aromatic heterocycles. The molecule has 1 atom stereocenters. The molecule has 118 valence electrons. The van der Waals surface area contributed by atoms with E-state index in [2.05, 4.69) is 5.32 Å². The van der Waals surface area contributed by atoms with Crippen LogP contribution in [0.2, 0.25) is 5.02 Å². The minimum Gasteiger partial charge on any atom is -0.323 e. The van der Waals surface area contributed by atoms with E-state index in [0.717, 1.165) is 10.6 Å². The van der Waals surface area contributed by atoms with Gasteiger partial charge in [-0.05, 0) is 31.2 Å². The van der Waals surface area contributed by atoms with Gasteiger partial charge in [-0.25, -0.2) is 0 Å². The van der Waals surface area contributed by atoms with Crippen LogP contribution in [0.3, 0.4) is 0 Å². The van der Waals surface area contributed by atoms with Crippen molar-refractivity contribution in [3.63, 3.8) is 0 Å². The molecule has 0 saturated carbocycles. The fourth-order valence-electron chi connectivity index (χ4n) is 2.43. The van der Waals surface area contributed by atoms with Gasteiger partial charge in [-0.3, -0.25) is 14.5 Å². The Morgan fingerprint density at radius 1 is 1.22 bits per heavy atom. The normalized spacial score (nSPS) is 14.9. The van der Waals surface area contributed by atoms with Gasteiger partial charge in [-0.15, -0.1) is 11.8 Å². The van der Waals surface area contributed by atoms with Crippen LogP contribution in [-0.4, -0.2) is 23.6 Å². The summed E-state index contributed by atoms with van der Waals surface area (Å²) in [6, 6.07) is 14.7. The molecule has 0 unspecified atom stereocenters. The van der Waals surface area contributed by atoms with Gasteiger partial charge in [0.25, 0.3) is 0 Å². The minimum atomic E-state index is -0.353. The van der Waals surface area contributed by atoms with Crippen molar-refractivity contribution in [3.8, 4) is 0 Å². The average molecular weight is 347 g/mol. The first-order chi connectivity index (χ1) is 11.1. The Kier molecular flexibility index (Phi) is 4.59. The Balaban J connectivity index is 1.83. The van der Waals surface area contributed by atoms with Gasteiger partial charge in [0.15, 0.2) is 0 Å². The largest absolute Gasteiger partial charge is 0.323 e. The van der Waals surface area contributed by atoms with Gasteiger partial charge in [-0.1, -0.05) is 35.9 Å². The van der Waals surface area contributed by atoms with Crippen LogP contribution in [0.1, 0.15) is 6.92 Å². The lowest BCUT2D eigenvalue weighted by Gasteiger charge is -2.31. The highest BCUT2D eigenvalue weighted by Gasteiger charge is 2.30. The summed E-state index contributed by atoms with van der Waals surface area (Å²) >= 11 is 7.55. The third-order valence-electron chi connectivity index (χ3n) is 3.52. The Morgan fingerprint density at radius 3 is 2.70 bits per heavy atom. The molecular formula is C17H15ClN2O2S. The highest BCUT2D eigenvalue weighted by molar-refractivity contribution is 8.00. The Labute approximate surface area is 143 Å². The molecule has 0 bridgehead atoms. The second kappa shape index (κ2) is 6.64. The van der Waals surface area contributed by atoms with E-state index in [1.807, 2.05) is 43.3 Å². The topological polar surface area (TPSA) is 49.4 Å². The summed E-state index contributed by atoms with van der Waals surface area (Å²) in [5.74, 6) is -0.302. The highest BCUT2D eigenvalue weighted by Crippen LogP contribution is 2.34. The Bertz CT molecular complexity index is 766. The predicted molar refractivity (Wildman–Crippen MR) is 94.2 cm³/mol. The fraction of sp³-hybridized carbons (Fsp3) is 0.176. The van der Waals surface area contributed by atoms with Crippen molar-refractivity contribution in [2.45, 2.75) is 17.1 Å². The molecule has 0 fully saturated rings. The lowest BCUT2D eigenvalue weighted by Crippen LogP contribution is -2.45. The van der Waals surface area contributed by atoms with E-state index in [1.54, 1.807) is 12.1 Å². The van der Waals surface area contributed by atoms with Crippen molar-refractivity contribution in [1.29, 1.82) is 0 Å². The fourth-order valence-corrected chi connectivity index (χ4v) is 3.65. The first-order valence-electron chi connectivity index (χ1n) is 7.17. The second-order valence-corrected chi connectivity index (χ2v) is 6.97. The molecule has 2 amide bonds. The van der Waals surface area contributed by atoms with E-state index in [1.165, 1.54) is 16.7 Å². The molecule has 3 rings (SSSR count). The number of amides is 2. The number of benzene rings is 2. The number of carbonyl (C=O) groups excluding carboxylic acids is 2. The highest BCUT2D eigenvalue weighted by atomic mass is 35.5. The molecule has 1 aliphatic rings. The quantitative estimate of drug-likeness (QED) is 0.860. The molecule has 2 aromatic rings. The van der Waals surface area contributed by atoms with Gasteiger partial charge in [-0.2, -0.15) is 0 Å².